The Kier molecular flexibility index (Phi) is 30.9. The molecule has 0 saturated heterocycles. The molecule has 0 heterocycles. The van der Waals surface area contributed by atoms with Crippen LogP contribution in [-0.2, 0) is 14.4 Å². The van der Waals surface area contributed by atoms with E-state index < -0.39 is 12.1 Å². The van der Waals surface area contributed by atoms with Gasteiger partial charge >= 0.3 is 0 Å². The van der Waals surface area contributed by atoms with Gasteiger partial charge in [0.25, 0.3) is 0 Å². The predicted octanol–water partition coefficient (Wildman–Crippen LogP) is 6.99. The average molecular weight is 673 g/mol. The Labute approximate surface area is 295 Å². The number of aliphatic hydroxyl groups is 1. The van der Waals surface area contributed by atoms with Crippen LogP contribution in [-0.4, -0.2) is 84.5 Å². The topological polar surface area (TPSA) is 102 Å². The second-order valence-corrected chi connectivity index (χ2v) is 13.2. The van der Waals surface area contributed by atoms with Crippen LogP contribution in [0.2, 0.25) is 0 Å². The molecule has 0 unspecified atom stereocenters. The Morgan fingerprint density at radius 3 is 1.90 bits per heavy atom. The molecule has 276 valence electrons. The number of carbonyl (C=O) groups is 3. The smallest absolute Gasteiger partial charge is 0.242 e. The van der Waals surface area contributed by atoms with E-state index in [1.54, 1.807) is 7.05 Å². The molecular weight excluding hydrogens is 600 g/mol. The molecule has 8 nitrogen and oxygen atoms in total. The average Bonchev–Trinajstić information content (AvgIpc) is 3.08. The fourth-order valence-corrected chi connectivity index (χ4v) is 4.83. The van der Waals surface area contributed by atoms with Crippen LogP contribution in [0.1, 0.15) is 125 Å². The lowest BCUT2D eigenvalue weighted by Gasteiger charge is -2.20. The van der Waals surface area contributed by atoms with Gasteiger partial charge in [-0.3, -0.25) is 14.4 Å². The molecule has 1 aliphatic carbocycles. The molecule has 3 amide bonds. The summed E-state index contributed by atoms with van der Waals surface area (Å²) in [4.78, 5) is 40.1. The van der Waals surface area contributed by atoms with Gasteiger partial charge < -0.3 is 25.5 Å². The number of aliphatic hydroxyl groups excluding tert-OH is 1. The number of hydrogen-bond acceptors (Lipinski definition) is 5. The van der Waals surface area contributed by atoms with Gasteiger partial charge in [-0.1, -0.05) is 110 Å². The van der Waals surface area contributed by atoms with Crippen LogP contribution in [0.3, 0.4) is 0 Å². The zero-order valence-corrected chi connectivity index (χ0v) is 32.2. The molecule has 3 N–H and O–H groups in total. The Morgan fingerprint density at radius 2 is 1.50 bits per heavy atom. The highest BCUT2D eigenvalue weighted by Gasteiger charge is 2.21. The minimum atomic E-state index is -0.773. The minimum absolute atomic E-state index is 0.0139. The molecule has 48 heavy (non-hydrogen) atoms. The standard InChI is InChI=1S/C20H35N3O4.C7H14.C7H8.C6H15N/c1-6-8-9-17(20(27)21-14-16(24)11-10-15(3)4)22-18(25)12-13-19(26)23(5)7-2;2*1-7-5-3-2-4-6-7;1-4-7(5-2)6-3/h1,15-17,24H,7-14H2,2-5H3,(H,21,27)(H,22,25);7H,2-6H2,1H3;2-6H,1H3;4-6H2,1-3H3/t16-,17-;;;/m0.../s1. The van der Waals surface area contributed by atoms with Crippen LogP contribution in [0.25, 0.3) is 0 Å². The number of terminal acetylenes is 1. The third-order valence-corrected chi connectivity index (χ3v) is 8.46. The Bertz CT molecular complexity index is 964. The molecule has 1 fully saturated rings. The number of nitrogens with one attached hydrogen (secondary N) is 2. The van der Waals surface area contributed by atoms with E-state index in [4.69, 9.17) is 6.42 Å². The van der Waals surface area contributed by atoms with Crippen LogP contribution in [0.4, 0.5) is 0 Å². The molecule has 0 radical (unpaired) electrons. The summed E-state index contributed by atoms with van der Waals surface area (Å²) in [5.74, 6) is 3.10. The second kappa shape index (κ2) is 31.4. The zero-order chi connectivity index (χ0) is 36.7. The fraction of sp³-hybridized carbons (Fsp3) is 0.725. The van der Waals surface area contributed by atoms with E-state index in [1.165, 1.54) is 62.2 Å². The number of carbonyl (C=O) groups excluding carboxylic acids is 3. The van der Waals surface area contributed by atoms with Crippen LogP contribution < -0.4 is 10.6 Å². The van der Waals surface area contributed by atoms with Gasteiger partial charge in [0.1, 0.15) is 6.04 Å². The highest BCUT2D eigenvalue weighted by atomic mass is 16.3. The fourth-order valence-electron chi connectivity index (χ4n) is 4.83. The number of rotatable bonds is 16. The molecule has 1 aliphatic rings. The lowest BCUT2D eigenvalue weighted by molar-refractivity contribution is -0.133. The van der Waals surface area contributed by atoms with Crippen molar-refractivity contribution in [2.24, 2.45) is 11.8 Å². The predicted molar refractivity (Wildman–Crippen MR) is 203 cm³/mol. The van der Waals surface area contributed by atoms with Gasteiger partial charge in [0.2, 0.25) is 17.7 Å². The summed E-state index contributed by atoms with van der Waals surface area (Å²) in [6.07, 6.45) is 14.3. The zero-order valence-electron chi connectivity index (χ0n) is 32.2. The van der Waals surface area contributed by atoms with Crippen LogP contribution in [0.15, 0.2) is 30.3 Å². The Hall–Kier alpha value is -2.89. The van der Waals surface area contributed by atoms with Crippen molar-refractivity contribution in [2.75, 3.05) is 39.8 Å². The summed E-state index contributed by atoms with van der Waals surface area (Å²) in [6, 6.07) is 9.49. The molecule has 2 rings (SSSR count). The van der Waals surface area contributed by atoms with Crippen molar-refractivity contribution in [3.8, 4) is 12.3 Å². The number of amides is 3. The van der Waals surface area contributed by atoms with Gasteiger partial charge in [-0.25, -0.2) is 0 Å². The van der Waals surface area contributed by atoms with Gasteiger partial charge in [0.15, 0.2) is 0 Å². The molecule has 0 aromatic heterocycles. The van der Waals surface area contributed by atoms with Gasteiger partial charge in [0, 0.05) is 39.4 Å². The Balaban J connectivity index is 0. The van der Waals surface area contributed by atoms with Crippen molar-refractivity contribution in [3.63, 3.8) is 0 Å². The highest BCUT2D eigenvalue weighted by Crippen LogP contribution is 2.22. The monoisotopic (exact) mass is 673 g/mol. The molecule has 0 aliphatic heterocycles. The van der Waals surface area contributed by atoms with Crippen molar-refractivity contribution in [3.05, 3.63) is 35.9 Å². The first kappa shape index (κ1) is 47.2. The first-order valence-electron chi connectivity index (χ1n) is 18.5. The van der Waals surface area contributed by atoms with Crippen LogP contribution in [0.5, 0.6) is 0 Å². The first-order valence-corrected chi connectivity index (χ1v) is 18.5. The summed E-state index contributed by atoms with van der Waals surface area (Å²) in [5, 5.41) is 15.2. The van der Waals surface area contributed by atoms with Crippen molar-refractivity contribution >= 4 is 17.7 Å². The van der Waals surface area contributed by atoms with E-state index in [9.17, 15) is 19.5 Å². The summed E-state index contributed by atoms with van der Waals surface area (Å²) in [7, 11) is 1.67. The third-order valence-electron chi connectivity index (χ3n) is 8.46. The Morgan fingerprint density at radius 1 is 0.917 bits per heavy atom. The second-order valence-electron chi connectivity index (χ2n) is 13.2. The summed E-state index contributed by atoms with van der Waals surface area (Å²) < 4.78 is 0. The molecule has 1 aromatic rings. The minimum Gasteiger partial charge on any atom is -0.391 e. The van der Waals surface area contributed by atoms with Crippen LogP contribution in [0, 0.1) is 31.1 Å². The van der Waals surface area contributed by atoms with Gasteiger partial charge in [-0.2, -0.15) is 0 Å². The van der Waals surface area contributed by atoms with E-state index in [-0.39, 0.29) is 37.1 Å². The van der Waals surface area contributed by atoms with E-state index in [0.29, 0.717) is 31.7 Å². The summed E-state index contributed by atoms with van der Waals surface area (Å²) >= 11 is 0. The van der Waals surface area contributed by atoms with E-state index >= 15 is 0 Å². The van der Waals surface area contributed by atoms with Crippen molar-refractivity contribution < 1.29 is 19.5 Å². The quantitative estimate of drug-likeness (QED) is 0.165. The van der Waals surface area contributed by atoms with Gasteiger partial charge in [0.05, 0.1) is 6.10 Å². The molecule has 8 heteroatoms. The number of aryl methyl sites for hydroxylation is 1. The molecule has 0 bridgehead atoms. The maximum Gasteiger partial charge on any atom is 0.242 e. The number of benzene rings is 1. The highest BCUT2D eigenvalue weighted by molar-refractivity contribution is 5.89. The molecule has 1 saturated carbocycles. The maximum absolute atomic E-state index is 12.3. The molecule has 2 atom stereocenters. The number of nitrogens with zero attached hydrogens (tertiary/aromatic N) is 2. The van der Waals surface area contributed by atoms with Crippen molar-refractivity contribution in [2.45, 2.75) is 138 Å². The molecular formula is C40H72N4O4. The van der Waals surface area contributed by atoms with Crippen molar-refractivity contribution in [1.82, 2.24) is 20.4 Å². The summed E-state index contributed by atoms with van der Waals surface area (Å²) in [6.45, 7) is 21.3. The van der Waals surface area contributed by atoms with Crippen LogP contribution >= 0.6 is 0 Å². The van der Waals surface area contributed by atoms with E-state index in [2.05, 4.69) is 82.1 Å². The molecule has 1 aromatic carbocycles. The third kappa shape index (κ3) is 28.2. The SMILES string of the molecule is C#CCC[C@H](NC(=O)CCC(=O)N(C)CC)C(=O)NC[C@@H](O)CCC(C)C.CC1CCCCC1.CCN(CC)CC.Cc1ccccc1. The van der Waals surface area contributed by atoms with E-state index in [0.717, 1.165) is 12.3 Å². The van der Waals surface area contributed by atoms with Gasteiger partial charge in [-0.05, 0) is 64.6 Å². The lowest BCUT2D eigenvalue weighted by Crippen LogP contribution is -2.48. The maximum atomic E-state index is 12.3. The summed E-state index contributed by atoms with van der Waals surface area (Å²) in [5.41, 5.74) is 1.32. The van der Waals surface area contributed by atoms with Crippen molar-refractivity contribution in [1.29, 1.82) is 0 Å². The van der Waals surface area contributed by atoms with E-state index in [1.807, 2.05) is 25.1 Å². The normalized spacial score (nSPS) is 13.6. The first-order chi connectivity index (χ1) is 22.8. The van der Waals surface area contributed by atoms with Gasteiger partial charge in [-0.15, -0.1) is 12.3 Å². The molecule has 0 spiro atoms. The number of hydrogen-bond donors (Lipinski definition) is 3. The lowest BCUT2D eigenvalue weighted by atomic mass is 9.91. The largest absolute Gasteiger partial charge is 0.391 e.